The molecule has 20 heavy (non-hydrogen) atoms. The molecule has 0 aliphatic carbocycles. The molecule has 0 saturated carbocycles. The van der Waals surface area contributed by atoms with Gasteiger partial charge in [0, 0.05) is 32.3 Å². The molecule has 0 unspecified atom stereocenters. The van der Waals surface area contributed by atoms with Crippen LogP contribution in [0.3, 0.4) is 0 Å². The lowest BCUT2D eigenvalue weighted by molar-refractivity contribution is 0.592. The highest BCUT2D eigenvalue weighted by Crippen LogP contribution is 2.17. The Bertz CT molecular complexity index is 670. The highest BCUT2D eigenvalue weighted by molar-refractivity contribution is 5.40. The summed E-state index contributed by atoms with van der Waals surface area (Å²) in [5.74, 6) is 0.921. The second-order valence-corrected chi connectivity index (χ2v) is 4.55. The molecule has 0 saturated heterocycles. The van der Waals surface area contributed by atoms with Crippen LogP contribution in [0.2, 0.25) is 0 Å². The fourth-order valence-corrected chi connectivity index (χ4v) is 1.85. The molecular formula is C13H16FN5O. The van der Waals surface area contributed by atoms with Gasteiger partial charge in [0.1, 0.15) is 11.6 Å². The van der Waals surface area contributed by atoms with Gasteiger partial charge in [-0.1, -0.05) is 0 Å². The van der Waals surface area contributed by atoms with Crippen molar-refractivity contribution >= 4 is 5.82 Å². The van der Waals surface area contributed by atoms with Gasteiger partial charge < -0.3 is 9.88 Å². The van der Waals surface area contributed by atoms with Crippen molar-refractivity contribution in [1.82, 2.24) is 19.9 Å². The number of hydrogen-bond donors (Lipinski definition) is 1. The third-order valence-corrected chi connectivity index (χ3v) is 2.88. The molecule has 6 nitrogen and oxygen atoms in total. The Balaban J connectivity index is 2.13. The molecule has 2 heterocycles. The third kappa shape index (κ3) is 3.17. The minimum Gasteiger partial charge on any atom is -0.357 e. The first-order valence-electron chi connectivity index (χ1n) is 6.23. The monoisotopic (exact) mass is 277 g/mol. The van der Waals surface area contributed by atoms with Gasteiger partial charge in [0.2, 0.25) is 0 Å². The van der Waals surface area contributed by atoms with Gasteiger partial charge >= 0.3 is 0 Å². The van der Waals surface area contributed by atoms with Gasteiger partial charge in [0.15, 0.2) is 11.6 Å². The number of aromatic nitrogens is 4. The standard InChI is InChI=1S/C13H16FN5O/c1-8-12(14)13(17-9(2)16-8)19(3)7-5-10-15-6-4-11(20)18-10/h4,6H,5,7H2,1-3H3,(H,15,18,20). The molecule has 7 heteroatoms. The number of rotatable bonds is 4. The molecule has 2 rings (SSSR count). The number of nitrogens with one attached hydrogen (secondary N) is 1. The smallest absolute Gasteiger partial charge is 0.250 e. The first kappa shape index (κ1) is 14.1. The zero-order valence-electron chi connectivity index (χ0n) is 11.6. The van der Waals surface area contributed by atoms with Crippen molar-refractivity contribution in [2.45, 2.75) is 20.3 Å². The second kappa shape index (κ2) is 5.77. The third-order valence-electron chi connectivity index (χ3n) is 2.88. The molecule has 0 fully saturated rings. The number of anilines is 1. The van der Waals surface area contributed by atoms with Crippen LogP contribution in [0.15, 0.2) is 17.1 Å². The molecular weight excluding hydrogens is 261 g/mol. The molecule has 0 aliphatic rings. The zero-order chi connectivity index (χ0) is 14.7. The highest BCUT2D eigenvalue weighted by atomic mass is 19.1. The van der Waals surface area contributed by atoms with E-state index in [0.29, 0.717) is 30.3 Å². The van der Waals surface area contributed by atoms with Crippen LogP contribution < -0.4 is 10.5 Å². The summed E-state index contributed by atoms with van der Waals surface area (Å²) in [5.41, 5.74) is 0.128. The lowest BCUT2D eigenvalue weighted by Crippen LogP contribution is -2.25. The van der Waals surface area contributed by atoms with E-state index >= 15 is 0 Å². The lowest BCUT2D eigenvalue weighted by Gasteiger charge is -2.19. The van der Waals surface area contributed by atoms with Crippen molar-refractivity contribution in [3.63, 3.8) is 0 Å². The predicted molar refractivity (Wildman–Crippen MR) is 73.3 cm³/mol. The molecule has 2 aromatic rings. The molecule has 0 bridgehead atoms. The Hall–Kier alpha value is -2.31. The van der Waals surface area contributed by atoms with E-state index in [1.54, 1.807) is 25.8 Å². The molecule has 0 amide bonds. The molecule has 0 atom stereocenters. The topological polar surface area (TPSA) is 74.8 Å². The number of aryl methyl sites for hydroxylation is 2. The van der Waals surface area contributed by atoms with E-state index in [9.17, 15) is 9.18 Å². The van der Waals surface area contributed by atoms with Gasteiger partial charge in [0.25, 0.3) is 5.56 Å². The summed E-state index contributed by atoms with van der Waals surface area (Å²) in [7, 11) is 1.74. The first-order valence-corrected chi connectivity index (χ1v) is 6.23. The predicted octanol–water partition coefficient (Wildman–Crippen LogP) is 0.995. The van der Waals surface area contributed by atoms with Gasteiger partial charge in [-0.2, -0.15) is 0 Å². The van der Waals surface area contributed by atoms with Gasteiger partial charge in [-0.25, -0.2) is 19.3 Å². The molecule has 0 spiro atoms. The van der Waals surface area contributed by atoms with Crippen LogP contribution >= 0.6 is 0 Å². The van der Waals surface area contributed by atoms with Crippen molar-refractivity contribution < 1.29 is 4.39 Å². The van der Waals surface area contributed by atoms with E-state index in [1.807, 2.05) is 0 Å². The van der Waals surface area contributed by atoms with Crippen molar-refractivity contribution in [1.29, 1.82) is 0 Å². The van der Waals surface area contributed by atoms with Gasteiger partial charge in [-0.15, -0.1) is 0 Å². The fraction of sp³-hybridized carbons (Fsp3) is 0.385. The first-order chi connectivity index (χ1) is 9.47. The quantitative estimate of drug-likeness (QED) is 0.902. The Labute approximate surface area is 115 Å². The van der Waals surface area contributed by atoms with Gasteiger partial charge in [-0.3, -0.25) is 4.79 Å². The Morgan fingerprint density at radius 3 is 2.80 bits per heavy atom. The summed E-state index contributed by atoms with van der Waals surface area (Å²) in [6, 6.07) is 1.35. The number of nitrogens with zero attached hydrogens (tertiary/aromatic N) is 4. The number of H-pyrrole nitrogens is 1. The van der Waals surface area contributed by atoms with Crippen LogP contribution in [0.25, 0.3) is 0 Å². The zero-order valence-corrected chi connectivity index (χ0v) is 11.6. The van der Waals surface area contributed by atoms with Crippen LogP contribution in [0.1, 0.15) is 17.3 Å². The van der Waals surface area contributed by atoms with Crippen molar-refractivity contribution in [2.24, 2.45) is 0 Å². The van der Waals surface area contributed by atoms with Crippen LogP contribution in [-0.2, 0) is 6.42 Å². The number of aromatic amines is 1. The number of halogens is 1. The minimum absolute atomic E-state index is 0.197. The van der Waals surface area contributed by atoms with Gasteiger partial charge in [-0.05, 0) is 13.8 Å². The van der Waals surface area contributed by atoms with Crippen LogP contribution in [-0.4, -0.2) is 33.5 Å². The Kier molecular flexibility index (Phi) is 4.07. The second-order valence-electron chi connectivity index (χ2n) is 4.55. The SMILES string of the molecule is Cc1nc(C)c(F)c(N(C)CCc2nccc(=O)[nH]2)n1. The molecule has 106 valence electrons. The summed E-state index contributed by atoms with van der Waals surface area (Å²) in [4.78, 5) is 27.6. The number of likely N-dealkylation sites (N-methyl/N-ethyl adjacent to an activating group) is 1. The Morgan fingerprint density at radius 2 is 2.10 bits per heavy atom. The maximum absolute atomic E-state index is 14.0. The summed E-state index contributed by atoms with van der Waals surface area (Å²) in [6.07, 6.45) is 1.95. The van der Waals surface area contributed by atoms with Crippen molar-refractivity contribution in [3.05, 3.63) is 45.8 Å². The minimum atomic E-state index is -0.424. The van der Waals surface area contributed by atoms with Gasteiger partial charge in [0.05, 0.1) is 5.69 Å². The average Bonchev–Trinajstić information content (AvgIpc) is 2.40. The molecule has 2 aromatic heterocycles. The van der Waals surface area contributed by atoms with Crippen LogP contribution in [0.5, 0.6) is 0 Å². The summed E-state index contributed by atoms with van der Waals surface area (Å²) >= 11 is 0. The maximum atomic E-state index is 14.0. The molecule has 0 radical (unpaired) electrons. The summed E-state index contributed by atoms with van der Waals surface area (Å²) < 4.78 is 14.0. The largest absolute Gasteiger partial charge is 0.357 e. The summed E-state index contributed by atoms with van der Waals surface area (Å²) in [6.45, 7) is 3.82. The lowest BCUT2D eigenvalue weighted by atomic mass is 10.3. The number of hydrogen-bond acceptors (Lipinski definition) is 5. The van der Waals surface area contributed by atoms with E-state index in [4.69, 9.17) is 0 Å². The molecule has 1 N–H and O–H groups in total. The van der Waals surface area contributed by atoms with Crippen LogP contribution in [0.4, 0.5) is 10.2 Å². The van der Waals surface area contributed by atoms with E-state index in [2.05, 4.69) is 19.9 Å². The van der Waals surface area contributed by atoms with E-state index < -0.39 is 5.82 Å². The average molecular weight is 277 g/mol. The maximum Gasteiger partial charge on any atom is 0.250 e. The van der Waals surface area contributed by atoms with Crippen LogP contribution in [0, 0.1) is 19.7 Å². The molecule has 0 aliphatic heterocycles. The van der Waals surface area contributed by atoms with Crippen molar-refractivity contribution in [3.8, 4) is 0 Å². The Morgan fingerprint density at radius 1 is 1.35 bits per heavy atom. The van der Waals surface area contributed by atoms with E-state index in [-0.39, 0.29) is 11.4 Å². The van der Waals surface area contributed by atoms with E-state index in [1.165, 1.54) is 12.3 Å². The highest BCUT2D eigenvalue weighted by Gasteiger charge is 2.14. The van der Waals surface area contributed by atoms with Crippen molar-refractivity contribution in [2.75, 3.05) is 18.5 Å². The van der Waals surface area contributed by atoms with E-state index in [0.717, 1.165) is 0 Å². The fourth-order valence-electron chi connectivity index (χ4n) is 1.85. The normalized spacial score (nSPS) is 10.6. The molecule has 0 aromatic carbocycles. The summed E-state index contributed by atoms with van der Waals surface area (Å²) in [5, 5.41) is 0.